The third-order valence-electron chi connectivity index (χ3n) is 3.18. The number of nitrogens with one attached hydrogen (secondary N) is 1. The van der Waals surface area contributed by atoms with E-state index in [-0.39, 0.29) is 0 Å². The molecule has 0 aromatic carbocycles. The van der Waals surface area contributed by atoms with E-state index in [1.54, 1.807) is 0 Å². The van der Waals surface area contributed by atoms with Crippen LogP contribution >= 0.6 is 11.6 Å². The molecule has 1 aliphatic rings. The maximum absolute atomic E-state index is 6.12. The molecule has 3 rings (SSSR count). The summed E-state index contributed by atoms with van der Waals surface area (Å²) < 4.78 is 1.95. The van der Waals surface area contributed by atoms with Crippen molar-refractivity contribution in [2.24, 2.45) is 0 Å². The van der Waals surface area contributed by atoms with Crippen molar-refractivity contribution < 1.29 is 0 Å². The van der Waals surface area contributed by atoms with Gasteiger partial charge in [-0.1, -0.05) is 17.7 Å². The third-order valence-corrected chi connectivity index (χ3v) is 3.48. The lowest BCUT2D eigenvalue weighted by atomic mass is 9.97. The fourth-order valence-corrected chi connectivity index (χ4v) is 2.51. The molecule has 16 heavy (non-hydrogen) atoms. The SMILES string of the molecule is Clc1cccc2nc(C3CCCNC3)cn12. The molecule has 0 spiro atoms. The maximum atomic E-state index is 6.12. The van der Waals surface area contributed by atoms with Gasteiger partial charge in [-0.25, -0.2) is 4.98 Å². The fraction of sp³-hybridized carbons (Fsp3) is 0.417. The van der Waals surface area contributed by atoms with E-state index in [9.17, 15) is 0 Å². The lowest BCUT2D eigenvalue weighted by Crippen LogP contribution is -2.28. The van der Waals surface area contributed by atoms with Gasteiger partial charge in [0.25, 0.3) is 0 Å². The van der Waals surface area contributed by atoms with Crippen molar-refractivity contribution in [2.75, 3.05) is 13.1 Å². The number of aromatic nitrogens is 2. The Kier molecular flexibility index (Phi) is 2.58. The summed E-state index contributed by atoms with van der Waals surface area (Å²) in [4.78, 5) is 4.64. The summed E-state index contributed by atoms with van der Waals surface area (Å²) in [6, 6.07) is 5.82. The van der Waals surface area contributed by atoms with Crippen LogP contribution in [0.5, 0.6) is 0 Å². The van der Waals surface area contributed by atoms with Crippen LogP contribution in [0.2, 0.25) is 5.15 Å². The third kappa shape index (κ3) is 1.70. The zero-order chi connectivity index (χ0) is 11.0. The summed E-state index contributed by atoms with van der Waals surface area (Å²) in [7, 11) is 0. The number of pyridine rings is 1. The number of rotatable bonds is 1. The fourth-order valence-electron chi connectivity index (χ4n) is 2.30. The van der Waals surface area contributed by atoms with E-state index in [0.717, 1.165) is 29.6 Å². The first-order chi connectivity index (χ1) is 7.84. The molecule has 3 heterocycles. The van der Waals surface area contributed by atoms with Gasteiger partial charge >= 0.3 is 0 Å². The second-order valence-electron chi connectivity index (χ2n) is 4.29. The summed E-state index contributed by atoms with van der Waals surface area (Å²) in [6.07, 6.45) is 4.51. The number of hydrogen-bond donors (Lipinski definition) is 1. The van der Waals surface area contributed by atoms with Crippen molar-refractivity contribution in [3.8, 4) is 0 Å². The average Bonchev–Trinajstić information content (AvgIpc) is 2.76. The zero-order valence-electron chi connectivity index (χ0n) is 8.99. The van der Waals surface area contributed by atoms with Crippen molar-refractivity contribution in [2.45, 2.75) is 18.8 Å². The molecule has 2 aromatic heterocycles. The minimum Gasteiger partial charge on any atom is -0.316 e. The molecule has 1 atom stereocenters. The van der Waals surface area contributed by atoms with Crippen LogP contribution in [0.25, 0.3) is 5.65 Å². The van der Waals surface area contributed by atoms with Gasteiger partial charge in [-0.2, -0.15) is 0 Å². The summed E-state index contributed by atoms with van der Waals surface area (Å²) in [6.45, 7) is 2.16. The lowest BCUT2D eigenvalue weighted by Gasteiger charge is -2.20. The van der Waals surface area contributed by atoms with E-state index in [1.807, 2.05) is 22.6 Å². The van der Waals surface area contributed by atoms with Crippen molar-refractivity contribution in [3.05, 3.63) is 35.2 Å². The molecule has 1 saturated heterocycles. The van der Waals surface area contributed by atoms with Gasteiger partial charge in [-0.15, -0.1) is 0 Å². The van der Waals surface area contributed by atoms with Crippen LogP contribution in [-0.2, 0) is 0 Å². The van der Waals surface area contributed by atoms with Crippen LogP contribution in [0, 0.1) is 0 Å². The molecule has 1 N–H and O–H groups in total. The second kappa shape index (κ2) is 4.07. The Morgan fingerprint density at radius 3 is 3.12 bits per heavy atom. The van der Waals surface area contributed by atoms with Gasteiger partial charge in [0.05, 0.1) is 5.69 Å². The van der Waals surface area contributed by atoms with Crippen LogP contribution in [0.1, 0.15) is 24.5 Å². The number of fused-ring (bicyclic) bond motifs is 1. The molecule has 84 valence electrons. The highest BCUT2D eigenvalue weighted by atomic mass is 35.5. The van der Waals surface area contributed by atoms with Crippen molar-refractivity contribution in [1.29, 1.82) is 0 Å². The number of piperidine rings is 1. The molecule has 0 radical (unpaired) electrons. The predicted octanol–water partition coefficient (Wildman–Crippen LogP) is 2.45. The molecule has 0 aliphatic carbocycles. The number of hydrogen-bond acceptors (Lipinski definition) is 2. The Morgan fingerprint density at radius 2 is 2.38 bits per heavy atom. The minimum atomic E-state index is 0.532. The quantitative estimate of drug-likeness (QED) is 0.770. The van der Waals surface area contributed by atoms with Crippen LogP contribution in [0.4, 0.5) is 0 Å². The van der Waals surface area contributed by atoms with Crippen molar-refractivity contribution in [3.63, 3.8) is 0 Å². The van der Waals surface area contributed by atoms with E-state index in [2.05, 4.69) is 16.5 Å². The highest BCUT2D eigenvalue weighted by Crippen LogP contribution is 2.24. The largest absolute Gasteiger partial charge is 0.316 e. The molecule has 1 fully saturated rings. The summed E-state index contributed by atoms with van der Waals surface area (Å²) >= 11 is 6.12. The van der Waals surface area contributed by atoms with Gasteiger partial charge < -0.3 is 5.32 Å². The van der Waals surface area contributed by atoms with E-state index in [1.165, 1.54) is 12.8 Å². The van der Waals surface area contributed by atoms with Gasteiger partial charge in [0.15, 0.2) is 0 Å². The number of halogens is 1. The van der Waals surface area contributed by atoms with Crippen LogP contribution in [0.15, 0.2) is 24.4 Å². The van der Waals surface area contributed by atoms with E-state index in [4.69, 9.17) is 11.6 Å². The minimum absolute atomic E-state index is 0.532. The number of imidazole rings is 1. The molecule has 3 nitrogen and oxygen atoms in total. The summed E-state index contributed by atoms with van der Waals surface area (Å²) in [5.41, 5.74) is 2.09. The van der Waals surface area contributed by atoms with E-state index in [0.29, 0.717) is 5.92 Å². The Bertz CT molecular complexity index is 500. The molecular formula is C12H14ClN3. The van der Waals surface area contributed by atoms with Gasteiger partial charge in [0.1, 0.15) is 10.8 Å². The highest BCUT2D eigenvalue weighted by molar-refractivity contribution is 6.29. The van der Waals surface area contributed by atoms with Gasteiger partial charge in [-0.3, -0.25) is 4.40 Å². The van der Waals surface area contributed by atoms with Crippen LogP contribution < -0.4 is 5.32 Å². The first-order valence-corrected chi connectivity index (χ1v) is 6.06. The van der Waals surface area contributed by atoms with Crippen LogP contribution in [-0.4, -0.2) is 22.5 Å². The first kappa shape index (κ1) is 10.1. The highest BCUT2D eigenvalue weighted by Gasteiger charge is 2.18. The Hall–Kier alpha value is -1.06. The van der Waals surface area contributed by atoms with Gasteiger partial charge in [0, 0.05) is 18.7 Å². The molecule has 0 bridgehead atoms. The van der Waals surface area contributed by atoms with Crippen molar-refractivity contribution in [1.82, 2.24) is 14.7 Å². The second-order valence-corrected chi connectivity index (χ2v) is 4.67. The maximum Gasteiger partial charge on any atom is 0.138 e. The van der Waals surface area contributed by atoms with E-state index < -0.39 is 0 Å². The predicted molar refractivity (Wildman–Crippen MR) is 65.0 cm³/mol. The topological polar surface area (TPSA) is 29.3 Å². The van der Waals surface area contributed by atoms with E-state index >= 15 is 0 Å². The molecular weight excluding hydrogens is 222 g/mol. The molecule has 1 unspecified atom stereocenters. The molecule has 4 heteroatoms. The zero-order valence-corrected chi connectivity index (χ0v) is 9.74. The average molecular weight is 236 g/mol. The number of nitrogens with zero attached hydrogens (tertiary/aromatic N) is 2. The van der Waals surface area contributed by atoms with Crippen molar-refractivity contribution >= 4 is 17.2 Å². The molecule has 0 saturated carbocycles. The Balaban J connectivity index is 2.01. The monoisotopic (exact) mass is 235 g/mol. The first-order valence-electron chi connectivity index (χ1n) is 5.69. The lowest BCUT2D eigenvalue weighted by molar-refractivity contribution is 0.456. The summed E-state index contributed by atoms with van der Waals surface area (Å²) in [5, 5.41) is 4.13. The normalized spacial score (nSPS) is 21.4. The Morgan fingerprint density at radius 1 is 1.44 bits per heavy atom. The standard InChI is InChI=1S/C12H14ClN3/c13-11-4-1-5-12-15-10(8-16(11)12)9-3-2-6-14-7-9/h1,4-5,8-9,14H,2-3,6-7H2. The summed E-state index contributed by atoms with van der Waals surface area (Å²) in [5.74, 6) is 0.532. The molecule has 2 aromatic rings. The van der Waals surface area contributed by atoms with Gasteiger partial charge in [-0.05, 0) is 31.5 Å². The smallest absolute Gasteiger partial charge is 0.138 e. The molecule has 0 amide bonds. The van der Waals surface area contributed by atoms with Gasteiger partial charge in [0.2, 0.25) is 0 Å². The Labute approximate surface area is 99.4 Å². The molecule has 1 aliphatic heterocycles. The van der Waals surface area contributed by atoms with Crippen LogP contribution in [0.3, 0.4) is 0 Å².